The molecule has 0 aliphatic rings. The van der Waals surface area contributed by atoms with E-state index < -0.39 is 27.4 Å². The van der Waals surface area contributed by atoms with Crippen LogP contribution in [0.2, 0.25) is 0 Å². The number of hydrogen-bond donors (Lipinski definition) is 1. The van der Waals surface area contributed by atoms with E-state index in [4.69, 9.17) is 9.47 Å². The molecule has 0 aliphatic carbocycles. The Morgan fingerprint density at radius 3 is 2.23 bits per heavy atom. The van der Waals surface area contributed by atoms with Gasteiger partial charge in [0.2, 0.25) is 0 Å². The summed E-state index contributed by atoms with van der Waals surface area (Å²) in [4.78, 5) is 35.8. The SMILES string of the molecule is O=C(Nc1cc(Oc2ccc([N+](=O)[O-])cc2F)ccn1)Oc1ccc([N+](=O)[O-])cc1. The Morgan fingerprint density at radius 2 is 1.60 bits per heavy atom. The molecule has 1 amide bonds. The summed E-state index contributed by atoms with van der Waals surface area (Å²) in [6, 6.07) is 10.4. The summed E-state index contributed by atoms with van der Waals surface area (Å²) in [5.41, 5.74) is -0.585. The number of nitrogens with zero attached hydrogens (tertiary/aromatic N) is 3. The van der Waals surface area contributed by atoms with Crippen molar-refractivity contribution in [1.29, 1.82) is 0 Å². The average molecular weight is 414 g/mol. The lowest BCUT2D eigenvalue weighted by atomic mass is 10.3. The van der Waals surface area contributed by atoms with Gasteiger partial charge in [-0.1, -0.05) is 0 Å². The Morgan fingerprint density at radius 1 is 0.933 bits per heavy atom. The molecule has 0 atom stereocenters. The Hall–Kier alpha value is -4.61. The molecule has 11 nitrogen and oxygen atoms in total. The normalized spacial score (nSPS) is 10.2. The maximum atomic E-state index is 14.0. The summed E-state index contributed by atoms with van der Waals surface area (Å²) in [5, 5.41) is 23.6. The van der Waals surface area contributed by atoms with Gasteiger partial charge < -0.3 is 9.47 Å². The molecular formula is C18H11FN4O7. The number of halogens is 1. The fourth-order valence-corrected chi connectivity index (χ4v) is 2.23. The molecule has 0 bridgehead atoms. The molecule has 3 rings (SSSR count). The van der Waals surface area contributed by atoms with E-state index in [2.05, 4.69) is 10.3 Å². The highest BCUT2D eigenvalue weighted by molar-refractivity contribution is 5.85. The van der Waals surface area contributed by atoms with Crippen LogP contribution in [0.15, 0.2) is 60.8 Å². The number of anilines is 1. The number of rotatable bonds is 6. The van der Waals surface area contributed by atoms with Crippen LogP contribution in [0, 0.1) is 26.0 Å². The van der Waals surface area contributed by atoms with E-state index >= 15 is 0 Å². The number of aromatic nitrogens is 1. The molecule has 0 saturated heterocycles. The van der Waals surface area contributed by atoms with Crippen molar-refractivity contribution < 1.29 is 28.5 Å². The van der Waals surface area contributed by atoms with E-state index in [0.717, 1.165) is 18.2 Å². The first-order chi connectivity index (χ1) is 14.3. The summed E-state index contributed by atoms with van der Waals surface area (Å²) in [6.45, 7) is 0. The van der Waals surface area contributed by atoms with Gasteiger partial charge in [0.1, 0.15) is 17.3 Å². The highest BCUT2D eigenvalue weighted by Crippen LogP contribution is 2.28. The quantitative estimate of drug-likeness (QED) is 0.460. The molecule has 1 N–H and O–H groups in total. The molecule has 1 aromatic heterocycles. The molecule has 0 radical (unpaired) electrons. The molecule has 1 heterocycles. The second-order valence-electron chi connectivity index (χ2n) is 5.62. The van der Waals surface area contributed by atoms with Crippen molar-refractivity contribution in [2.45, 2.75) is 0 Å². The van der Waals surface area contributed by atoms with Crippen molar-refractivity contribution in [3.8, 4) is 17.2 Å². The Bertz CT molecular complexity index is 1120. The molecule has 2 aromatic carbocycles. The van der Waals surface area contributed by atoms with Gasteiger partial charge in [-0.15, -0.1) is 0 Å². The number of benzene rings is 2. The van der Waals surface area contributed by atoms with Crippen LogP contribution in [-0.2, 0) is 0 Å². The first kappa shape index (κ1) is 20.1. The smallest absolute Gasteiger partial charge is 0.418 e. The minimum Gasteiger partial charge on any atom is -0.454 e. The number of nitro groups is 2. The molecule has 0 aliphatic heterocycles. The minimum atomic E-state index is -0.937. The lowest BCUT2D eigenvalue weighted by Crippen LogP contribution is -2.17. The van der Waals surface area contributed by atoms with Gasteiger partial charge >= 0.3 is 6.09 Å². The van der Waals surface area contributed by atoms with Gasteiger partial charge in [0.05, 0.1) is 15.9 Å². The van der Waals surface area contributed by atoms with Gasteiger partial charge in [-0.3, -0.25) is 25.5 Å². The zero-order valence-corrected chi connectivity index (χ0v) is 14.9. The topological polar surface area (TPSA) is 147 Å². The first-order valence-corrected chi connectivity index (χ1v) is 8.13. The minimum absolute atomic E-state index is 0.0155. The number of nitrogens with one attached hydrogen (secondary N) is 1. The van der Waals surface area contributed by atoms with Gasteiger partial charge in [0, 0.05) is 30.5 Å². The van der Waals surface area contributed by atoms with Crippen LogP contribution >= 0.6 is 0 Å². The van der Waals surface area contributed by atoms with Crippen LogP contribution in [0.1, 0.15) is 0 Å². The van der Waals surface area contributed by atoms with Crippen LogP contribution in [-0.4, -0.2) is 20.9 Å². The van der Waals surface area contributed by atoms with Crippen LogP contribution in [0.5, 0.6) is 17.2 Å². The summed E-state index contributed by atoms with van der Waals surface area (Å²) >= 11 is 0. The molecule has 30 heavy (non-hydrogen) atoms. The van der Waals surface area contributed by atoms with Gasteiger partial charge in [-0.2, -0.15) is 0 Å². The van der Waals surface area contributed by atoms with Crippen molar-refractivity contribution in [2.24, 2.45) is 0 Å². The monoisotopic (exact) mass is 414 g/mol. The lowest BCUT2D eigenvalue weighted by Gasteiger charge is -2.09. The molecular weight excluding hydrogens is 403 g/mol. The van der Waals surface area contributed by atoms with Crippen molar-refractivity contribution in [3.63, 3.8) is 0 Å². The van der Waals surface area contributed by atoms with Gasteiger partial charge in [0.15, 0.2) is 11.6 Å². The van der Waals surface area contributed by atoms with E-state index in [1.165, 1.54) is 42.6 Å². The first-order valence-electron chi connectivity index (χ1n) is 8.13. The fraction of sp³-hybridized carbons (Fsp3) is 0. The van der Waals surface area contributed by atoms with E-state index in [1.807, 2.05) is 0 Å². The number of pyridine rings is 1. The summed E-state index contributed by atoms with van der Waals surface area (Å²) < 4.78 is 24.3. The third-order valence-corrected chi connectivity index (χ3v) is 3.57. The molecule has 0 saturated carbocycles. The van der Waals surface area contributed by atoms with Gasteiger partial charge in [-0.25, -0.2) is 14.2 Å². The fourth-order valence-electron chi connectivity index (χ4n) is 2.23. The lowest BCUT2D eigenvalue weighted by molar-refractivity contribution is -0.385. The summed E-state index contributed by atoms with van der Waals surface area (Å²) in [5.74, 6) is -1.01. The number of carbonyl (C=O) groups excluding carboxylic acids is 1. The largest absolute Gasteiger partial charge is 0.454 e. The van der Waals surface area contributed by atoms with E-state index in [1.54, 1.807) is 0 Å². The third-order valence-electron chi connectivity index (χ3n) is 3.57. The highest BCUT2D eigenvalue weighted by atomic mass is 19.1. The predicted molar refractivity (Wildman–Crippen MR) is 100 cm³/mol. The van der Waals surface area contributed by atoms with E-state index in [-0.39, 0.29) is 28.8 Å². The molecule has 152 valence electrons. The predicted octanol–water partition coefficient (Wildman–Crippen LogP) is 4.44. The van der Waals surface area contributed by atoms with Crippen molar-refractivity contribution >= 4 is 23.3 Å². The maximum Gasteiger partial charge on any atom is 0.418 e. The Labute approximate surface area is 167 Å². The van der Waals surface area contributed by atoms with E-state index in [9.17, 15) is 29.4 Å². The Kier molecular flexibility index (Phi) is 5.77. The molecule has 3 aromatic rings. The third kappa shape index (κ3) is 5.01. The van der Waals surface area contributed by atoms with E-state index in [0.29, 0.717) is 0 Å². The number of carbonyl (C=O) groups is 1. The molecule has 0 spiro atoms. The van der Waals surface area contributed by atoms with Crippen molar-refractivity contribution in [2.75, 3.05) is 5.32 Å². The standard InChI is InChI=1S/C18H11FN4O7/c19-15-9-12(23(27)28)3-6-16(15)29-14-7-8-20-17(10-14)21-18(24)30-13-4-1-11(2-5-13)22(25)26/h1-10H,(H,20,21,24). The molecule has 0 fully saturated rings. The zero-order valence-electron chi connectivity index (χ0n) is 14.9. The summed E-state index contributed by atoms with van der Waals surface area (Å²) in [6.07, 6.45) is 0.357. The average Bonchev–Trinajstić information content (AvgIpc) is 2.70. The highest BCUT2D eigenvalue weighted by Gasteiger charge is 2.13. The van der Waals surface area contributed by atoms with Crippen LogP contribution < -0.4 is 14.8 Å². The number of amides is 1. The molecule has 12 heteroatoms. The van der Waals surface area contributed by atoms with Crippen molar-refractivity contribution in [1.82, 2.24) is 4.98 Å². The van der Waals surface area contributed by atoms with Crippen LogP contribution in [0.4, 0.5) is 26.4 Å². The number of non-ortho nitro benzene ring substituents is 2. The zero-order chi connectivity index (χ0) is 21.7. The second kappa shape index (κ2) is 8.60. The van der Waals surface area contributed by atoms with Gasteiger partial charge in [0.25, 0.3) is 11.4 Å². The maximum absolute atomic E-state index is 14.0. The van der Waals surface area contributed by atoms with Crippen LogP contribution in [0.3, 0.4) is 0 Å². The van der Waals surface area contributed by atoms with Crippen LogP contribution in [0.25, 0.3) is 0 Å². The molecule has 0 unspecified atom stereocenters. The number of ether oxygens (including phenoxy) is 2. The van der Waals surface area contributed by atoms with Crippen molar-refractivity contribution in [3.05, 3.63) is 86.8 Å². The number of nitro benzene ring substituents is 2. The second-order valence-corrected chi connectivity index (χ2v) is 5.62. The van der Waals surface area contributed by atoms with Gasteiger partial charge in [-0.05, 0) is 24.3 Å². The summed E-state index contributed by atoms with van der Waals surface area (Å²) in [7, 11) is 0. The number of hydrogen-bond acceptors (Lipinski definition) is 8. The Balaban J connectivity index is 1.65.